The first kappa shape index (κ1) is 30.4. The van der Waals surface area contributed by atoms with E-state index >= 15 is 0 Å². The monoisotopic (exact) mass is 491 g/mol. The molecule has 1 rings (SSSR count). The van der Waals surface area contributed by atoms with Gasteiger partial charge in [0.05, 0.1) is 6.61 Å². The van der Waals surface area contributed by atoms with Crippen LogP contribution in [0, 0.1) is 5.92 Å². The minimum atomic E-state index is -0.977. The Morgan fingerprint density at radius 2 is 1.60 bits per heavy atom. The SMILES string of the molecule is CCc1ccc(C(C(=O)NC(C)(C)C)N(CCO)C(=O)C(CC(C)C)NC(=O)OC(C)(C)C)cc1. The fourth-order valence-electron chi connectivity index (χ4n) is 3.66. The summed E-state index contributed by atoms with van der Waals surface area (Å²) in [5.74, 6) is -0.725. The van der Waals surface area contributed by atoms with Crippen molar-refractivity contribution in [2.75, 3.05) is 13.2 Å². The molecule has 0 bridgehead atoms. The molecule has 3 N–H and O–H groups in total. The third-order valence-corrected chi connectivity index (χ3v) is 5.08. The number of nitrogens with one attached hydrogen (secondary N) is 2. The Balaban J connectivity index is 3.46. The van der Waals surface area contributed by atoms with Gasteiger partial charge in [-0.1, -0.05) is 45.0 Å². The molecule has 0 aromatic heterocycles. The second-order valence-electron chi connectivity index (χ2n) is 11.3. The van der Waals surface area contributed by atoms with Gasteiger partial charge in [0, 0.05) is 12.1 Å². The first-order chi connectivity index (χ1) is 16.1. The lowest BCUT2D eigenvalue weighted by atomic mass is 9.97. The number of carbonyl (C=O) groups excluding carboxylic acids is 3. The number of hydrogen-bond donors (Lipinski definition) is 3. The molecule has 0 heterocycles. The Morgan fingerprint density at radius 1 is 1.03 bits per heavy atom. The summed E-state index contributed by atoms with van der Waals surface area (Å²) in [5.41, 5.74) is 0.481. The molecule has 2 atom stereocenters. The summed E-state index contributed by atoms with van der Waals surface area (Å²) in [6.45, 7) is 16.4. The molecule has 8 nitrogen and oxygen atoms in total. The van der Waals surface area contributed by atoms with E-state index in [-0.39, 0.29) is 25.0 Å². The number of benzene rings is 1. The van der Waals surface area contributed by atoms with Crippen molar-refractivity contribution in [3.63, 3.8) is 0 Å². The molecule has 0 saturated heterocycles. The van der Waals surface area contributed by atoms with Crippen LogP contribution in [-0.2, 0) is 20.7 Å². The lowest BCUT2D eigenvalue weighted by Crippen LogP contribution is -2.55. The van der Waals surface area contributed by atoms with Crippen LogP contribution in [0.15, 0.2) is 24.3 Å². The van der Waals surface area contributed by atoms with Gasteiger partial charge in [0.2, 0.25) is 11.8 Å². The van der Waals surface area contributed by atoms with E-state index in [9.17, 15) is 19.5 Å². The normalized spacial score (nSPS) is 13.7. The second-order valence-corrected chi connectivity index (χ2v) is 11.3. The van der Waals surface area contributed by atoms with Crippen molar-refractivity contribution in [2.45, 2.75) is 98.4 Å². The number of nitrogens with zero attached hydrogens (tertiary/aromatic N) is 1. The number of aliphatic hydroxyl groups excluding tert-OH is 1. The lowest BCUT2D eigenvalue weighted by molar-refractivity contribution is -0.144. The van der Waals surface area contributed by atoms with E-state index in [1.807, 2.05) is 65.8 Å². The van der Waals surface area contributed by atoms with Gasteiger partial charge in [-0.15, -0.1) is 0 Å². The molecular weight excluding hydrogens is 446 g/mol. The Bertz CT molecular complexity index is 838. The lowest BCUT2D eigenvalue weighted by Gasteiger charge is -2.36. The summed E-state index contributed by atoms with van der Waals surface area (Å²) < 4.78 is 5.37. The summed E-state index contributed by atoms with van der Waals surface area (Å²) in [5, 5.41) is 15.5. The average Bonchev–Trinajstić information content (AvgIpc) is 2.69. The predicted octanol–water partition coefficient (Wildman–Crippen LogP) is 3.97. The van der Waals surface area contributed by atoms with Crippen LogP contribution in [-0.4, -0.2) is 58.2 Å². The summed E-state index contributed by atoms with van der Waals surface area (Å²) in [7, 11) is 0. The number of rotatable bonds is 10. The zero-order valence-electron chi connectivity index (χ0n) is 22.9. The third-order valence-electron chi connectivity index (χ3n) is 5.08. The van der Waals surface area contributed by atoms with E-state index in [4.69, 9.17) is 4.74 Å². The van der Waals surface area contributed by atoms with Crippen LogP contribution >= 0.6 is 0 Å². The highest BCUT2D eigenvalue weighted by atomic mass is 16.6. The fraction of sp³-hybridized carbons (Fsp3) is 0.667. The number of aliphatic hydroxyl groups is 1. The number of carbonyl (C=O) groups is 3. The zero-order valence-corrected chi connectivity index (χ0v) is 22.9. The molecular formula is C27H45N3O5. The number of amides is 3. The second kappa shape index (κ2) is 12.9. The van der Waals surface area contributed by atoms with Crippen molar-refractivity contribution in [1.29, 1.82) is 0 Å². The number of alkyl carbamates (subject to hydrolysis) is 1. The van der Waals surface area contributed by atoms with E-state index in [1.54, 1.807) is 20.8 Å². The molecule has 0 aliphatic carbocycles. The first-order valence-corrected chi connectivity index (χ1v) is 12.4. The van der Waals surface area contributed by atoms with Crippen LogP contribution in [0.2, 0.25) is 0 Å². The summed E-state index contributed by atoms with van der Waals surface area (Å²) in [6, 6.07) is 5.63. The fourth-order valence-corrected chi connectivity index (χ4v) is 3.66. The van der Waals surface area contributed by atoms with Crippen molar-refractivity contribution in [3.8, 4) is 0 Å². The molecule has 0 spiro atoms. The molecule has 198 valence electrons. The van der Waals surface area contributed by atoms with Crippen LogP contribution in [0.5, 0.6) is 0 Å². The molecule has 0 radical (unpaired) electrons. The van der Waals surface area contributed by atoms with Gasteiger partial charge >= 0.3 is 6.09 Å². The minimum Gasteiger partial charge on any atom is -0.444 e. The molecule has 1 aromatic carbocycles. The number of hydrogen-bond acceptors (Lipinski definition) is 5. The molecule has 1 aromatic rings. The largest absolute Gasteiger partial charge is 0.444 e. The van der Waals surface area contributed by atoms with E-state index in [0.29, 0.717) is 12.0 Å². The molecule has 8 heteroatoms. The zero-order chi connectivity index (χ0) is 27.0. The number of ether oxygens (including phenoxy) is 1. The maximum absolute atomic E-state index is 13.8. The van der Waals surface area contributed by atoms with Gasteiger partial charge < -0.3 is 25.4 Å². The van der Waals surface area contributed by atoms with Crippen molar-refractivity contribution < 1.29 is 24.2 Å². The Morgan fingerprint density at radius 3 is 2.03 bits per heavy atom. The molecule has 3 amide bonds. The van der Waals surface area contributed by atoms with Crippen molar-refractivity contribution in [1.82, 2.24) is 15.5 Å². The maximum atomic E-state index is 13.8. The van der Waals surface area contributed by atoms with Gasteiger partial charge in [-0.3, -0.25) is 9.59 Å². The highest BCUT2D eigenvalue weighted by Crippen LogP contribution is 2.25. The molecule has 0 aliphatic heterocycles. The van der Waals surface area contributed by atoms with Crippen molar-refractivity contribution >= 4 is 17.9 Å². The van der Waals surface area contributed by atoms with Crippen LogP contribution in [0.3, 0.4) is 0 Å². The van der Waals surface area contributed by atoms with Gasteiger partial charge in [-0.05, 0) is 71.4 Å². The summed E-state index contributed by atoms with van der Waals surface area (Å²) in [6.07, 6.45) is 0.486. The van der Waals surface area contributed by atoms with Gasteiger partial charge in [0.25, 0.3) is 0 Å². The summed E-state index contributed by atoms with van der Waals surface area (Å²) in [4.78, 5) is 41.2. The van der Waals surface area contributed by atoms with Crippen LogP contribution in [0.4, 0.5) is 4.79 Å². The smallest absolute Gasteiger partial charge is 0.408 e. The Labute approximate surface area is 210 Å². The average molecular weight is 492 g/mol. The van der Waals surface area contributed by atoms with Crippen LogP contribution in [0.25, 0.3) is 0 Å². The van der Waals surface area contributed by atoms with Crippen molar-refractivity contribution in [3.05, 3.63) is 35.4 Å². The Kier molecular flexibility index (Phi) is 11.2. The highest BCUT2D eigenvalue weighted by molar-refractivity contribution is 5.92. The molecule has 35 heavy (non-hydrogen) atoms. The molecule has 0 saturated carbocycles. The van der Waals surface area contributed by atoms with E-state index < -0.39 is 35.2 Å². The third kappa shape index (κ3) is 10.7. The van der Waals surface area contributed by atoms with Gasteiger partial charge in [0.15, 0.2) is 0 Å². The first-order valence-electron chi connectivity index (χ1n) is 12.4. The maximum Gasteiger partial charge on any atom is 0.408 e. The van der Waals surface area contributed by atoms with Gasteiger partial charge in [-0.2, -0.15) is 0 Å². The number of aryl methyl sites for hydroxylation is 1. The predicted molar refractivity (Wildman–Crippen MR) is 138 cm³/mol. The summed E-state index contributed by atoms with van der Waals surface area (Å²) >= 11 is 0. The van der Waals surface area contributed by atoms with Crippen LogP contribution in [0.1, 0.15) is 85.9 Å². The highest BCUT2D eigenvalue weighted by Gasteiger charge is 2.37. The molecule has 0 fully saturated rings. The topological polar surface area (TPSA) is 108 Å². The van der Waals surface area contributed by atoms with E-state index in [2.05, 4.69) is 10.6 Å². The standard InChI is InChI=1S/C27H45N3O5/c1-10-19-11-13-20(14-12-19)22(23(32)29-26(4,5)6)30(15-16-31)24(33)21(17-18(2)3)28-25(34)35-27(7,8)9/h11-14,18,21-22,31H,10,15-17H2,1-9H3,(H,28,34)(H,29,32). The van der Waals surface area contributed by atoms with Gasteiger partial charge in [0.1, 0.15) is 17.7 Å². The van der Waals surface area contributed by atoms with E-state index in [1.165, 1.54) is 4.90 Å². The van der Waals surface area contributed by atoms with Crippen LogP contribution < -0.4 is 10.6 Å². The quantitative estimate of drug-likeness (QED) is 0.459. The molecule has 0 aliphatic rings. The van der Waals surface area contributed by atoms with Gasteiger partial charge in [-0.25, -0.2) is 4.79 Å². The molecule has 2 unspecified atom stereocenters. The van der Waals surface area contributed by atoms with E-state index in [0.717, 1.165) is 12.0 Å². The van der Waals surface area contributed by atoms with Crippen molar-refractivity contribution in [2.24, 2.45) is 5.92 Å². The minimum absolute atomic E-state index is 0.0683. The Hall–Kier alpha value is -2.61.